The van der Waals surface area contributed by atoms with Gasteiger partial charge in [0.1, 0.15) is 11.4 Å². The molecule has 0 spiro atoms. The first kappa shape index (κ1) is 6.97. The molecule has 0 saturated carbocycles. The molecular formula is C8H8N4. The first-order valence-corrected chi connectivity index (χ1v) is 3.69. The van der Waals surface area contributed by atoms with Gasteiger partial charge in [0.15, 0.2) is 0 Å². The quantitative estimate of drug-likeness (QED) is 0.648. The van der Waals surface area contributed by atoms with Gasteiger partial charge in [-0.3, -0.25) is 15.0 Å². The minimum absolute atomic E-state index is 0.782. The monoisotopic (exact) mass is 160 g/mol. The maximum Gasteiger partial charge on any atom is 0.108 e. The highest BCUT2D eigenvalue weighted by atomic mass is 14.9. The Morgan fingerprint density at radius 1 is 1.33 bits per heavy atom. The van der Waals surface area contributed by atoms with E-state index in [-0.39, 0.29) is 0 Å². The van der Waals surface area contributed by atoms with Crippen molar-refractivity contribution in [1.29, 1.82) is 0 Å². The third kappa shape index (κ3) is 1.32. The van der Waals surface area contributed by atoms with Crippen LogP contribution in [0.15, 0.2) is 29.8 Å². The molecule has 1 aromatic rings. The molecule has 0 amide bonds. The Hall–Kier alpha value is -1.71. The highest BCUT2D eigenvalue weighted by Crippen LogP contribution is 2.10. The van der Waals surface area contributed by atoms with Crippen LogP contribution < -0.4 is 5.32 Å². The van der Waals surface area contributed by atoms with Crippen molar-refractivity contribution in [2.45, 2.75) is 0 Å². The number of hydrogen-bond acceptors (Lipinski definition) is 4. The van der Waals surface area contributed by atoms with E-state index in [1.54, 1.807) is 18.6 Å². The zero-order valence-electron chi connectivity index (χ0n) is 6.44. The van der Waals surface area contributed by atoms with Crippen molar-refractivity contribution in [3.8, 4) is 0 Å². The fourth-order valence-electron chi connectivity index (χ4n) is 0.961. The van der Waals surface area contributed by atoms with Gasteiger partial charge in [-0.25, -0.2) is 0 Å². The molecule has 4 nitrogen and oxygen atoms in total. The number of nitrogens with zero attached hydrogens (tertiary/aromatic N) is 3. The summed E-state index contributed by atoms with van der Waals surface area (Å²) in [5.41, 5.74) is 1.62. The fourth-order valence-corrected chi connectivity index (χ4v) is 0.961. The zero-order valence-corrected chi connectivity index (χ0v) is 6.44. The maximum absolute atomic E-state index is 4.17. The number of rotatable bonds is 1. The number of aromatic nitrogens is 2. The van der Waals surface area contributed by atoms with Gasteiger partial charge in [-0.05, 0) is 0 Å². The summed E-state index contributed by atoms with van der Waals surface area (Å²) in [6, 6.07) is 0. The molecule has 1 aliphatic rings. The zero-order chi connectivity index (χ0) is 8.23. The Labute approximate surface area is 70.1 Å². The SMILES string of the molecule is C1=NC(c2cnccn2)=CNC1. The van der Waals surface area contributed by atoms with Crippen molar-refractivity contribution in [3.63, 3.8) is 0 Å². The second-order valence-electron chi connectivity index (χ2n) is 2.34. The summed E-state index contributed by atoms with van der Waals surface area (Å²) >= 11 is 0. The molecule has 0 saturated heterocycles. The average Bonchev–Trinajstić information content (AvgIpc) is 2.21. The predicted octanol–water partition coefficient (Wildman–Crippen LogP) is 0.449. The van der Waals surface area contributed by atoms with Gasteiger partial charge < -0.3 is 5.32 Å². The van der Waals surface area contributed by atoms with Crippen LogP contribution in [0.2, 0.25) is 0 Å². The smallest absolute Gasteiger partial charge is 0.108 e. The van der Waals surface area contributed by atoms with Gasteiger partial charge >= 0.3 is 0 Å². The van der Waals surface area contributed by atoms with E-state index in [9.17, 15) is 0 Å². The molecule has 2 rings (SSSR count). The molecule has 0 radical (unpaired) electrons. The molecule has 1 N–H and O–H groups in total. The molecule has 1 aromatic heterocycles. The van der Waals surface area contributed by atoms with E-state index in [0.29, 0.717) is 0 Å². The van der Waals surface area contributed by atoms with Crippen molar-refractivity contribution in [1.82, 2.24) is 15.3 Å². The van der Waals surface area contributed by atoms with Crippen LogP contribution in [0.3, 0.4) is 0 Å². The Bertz CT molecular complexity index is 315. The molecule has 12 heavy (non-hydrogen) atoms. The number of aliphatic imine (C=N–C) groups is 1. The van der Waals surface area contributed by atoms with Gasteiger partial charge in [0.25, 0.3) is 0 Å². The second-order valence-corrected chi connectivity index (χ2v) is 2.34. The van der Waals surface area contributed by atoms with Crippen LogP contribution in [0, 0.1) is 0 Å². The normalized spacial score (nSPS) is 15.2. The lowest BCUT2D eigenvalue weighted by molar-refractivity contribution is 1.00. The van der Waals surface area contributed by atoms with Gasteiger partial charge in [0.2, 0.25) is 0 Å². The minimum Gasteiger partial charge on any atom is -0.384 e. The van der Waals surface area contributed by atoms with Gasteiger partial charge in [-0.15, -0.1) is 0 Å². The predicted molar refractivity (Wildman–Crippen MR) is 46.5 cm³/mol. The van der Waals surface area contributed by atoms with Crippen LogP contribution in [-0.2, 0) is 0 Å². The molecule has 0 unspecified atom stereocenters. The summed E-state index contributed by atoms with van der Waals surface area (Å²) in [6.45, 7) is 0.782. The van der Waals surface area contributed by atoms with Crippen LogP contribution in [0.25, 0.3) is 5.70 Å². The van der Waals surface area contributed by atoms with Crippen molar-refractivity contribution in [2.75, 3.05) is 6.54 Å². The molecule has 60 valence electrons. The highest BCUT2D eigenvalue weighted by Gasteiger charge is 2.01. The van der Waals surface area contributed by atoms with Crippen LogP contribution in [0.4, 0.5) is 0 Å². The van der Waals surface area contributed by atoms with Crippen LogP contribution >= 0.6 is 0 Å². The van der Waals surface area contributed by atoms with Gasteiger partial charge in [-0.2, -0.15) is 0 Å². The Balaban J connectivity index is 2.31. The van der Waals surface area contributed by atoms with Crippen LogP contribution in [-0.4, -0.2) is 22.7 Å². The van der Waals surface area contributed by atoms with Crippen molar-refractivity contribution >= 4 is 11.9 Å². The molecule has 0 aliphatic carbocycles. The van der Waals surface area contributed by atoms with E-state index in [4.69, 9.17) is 0 Å². The molecule has 0 aromatic carbocycles. The van der Waals surface area contributed by atoms with Crippen molar-refractivity contribution < 1.29 is 0 Å². The van der Waals surface area contributed by atoms with E-state index in [0.717, 1.165) is 17.9 Å². The lowest BCUT2D eigenvalue weighted by Crippen LogP contribution is -2.13. The second kappa shape index (κ2) is 3.13. The lowest BCUT2D eigenvalue weighted by atomic mass is 10.3. The van der Waals surface area contributed by atoms with Gasteiger partial charge in [0, 0.05) is 31.4 Å². The average molecular weight is 160 g/mol. The topological polar surface area (TPSA) is 50.2 Å². The number of hydrogen-bond donors (Lipinski definition) is 1. The van der Waals surface area contributed by atoms with E-state index >= 15 is 0 Å². The third-order valence-corrected chi connectivity index (χ3v) is 1.50. The fraction of sp³-hybridized carbons (Fsp3) is 0.125. The standard InChI is InChI=1S/C8H8N4/c1-3-11-7(5-9-1)8-6-10-2-4-12-8/h1,3-6,10H,2H2. The van der Waals surface area contributed by atoms with E-state index in [1.807, 2.05) is 12.4 Å². The molecule has 2 heterocycles. The number of nitrogens with one attached hydrogen (secondary N) is 1. The maximum atomic E-state index is 4.17. The van der Waals surface area contributed by atoms with Crippen molar-refractivity contribution in [3.05, 3.63) is 30.5 Å². The summed E-state index contributed by atoms with van der Waals surface area (Å²) in [7, 11) is 0. The molecule has 1 aliphatic heterocycles. The summed E-state index contributed by atoms with van der Waals surface area (Å²) in [5, 5.41) is 3.05. The minimum atomic E-state index is 0.782. The summed E-state index contributed by atoms with van der Waals surface area (Å²) in [5.74, 6) is 0. The van der Waals surface area contributed by atoms with Crippen molar-refractivity contribution in [2.24, 2.45) is 4.99 Å². The summed E-state index contributed by atoms with van der Waals surface area (Å²) < 4.78 is 0. The molecule has 4 heteroatoms. The molecule has 0 atom stereocenters. The van der Waals surface area contributed by atoms with E-state index < -0.39 is 0 Å². The Morgan fingerprint density at radius 2 is 2.33 bits per heavy atom. The van der Waals surface area contributed by atoms with Gasteiger partial charge in [0.05, 0.1) is 6.20 Å². The first-order valence-electron chi connectivity index (χ1n) is 3.69. The first-order chi connectivity index (χ1) is 5.97. The largest absolute Gasteiger partial charge is 0.384 e. The summed E-state index contributed by atoms with van der Waals surface area (Å²) in [6.07, 6.45) is 8.63. The van der Waals surface area contributed by atoms with Crippen LogP contribution in [0.1, 0.15) is 5.69 Å². The highest BCUT2D eigenvalue weighted by molar-refractivity contribution is 5.75. The molecule has 0 bridgehead atoms. The Morgan fingerprint density at radius 3 is 3.00 bits per heavy atom. The third-order valence-electron chi connectivity index (χ3n) is 1.50. The van der Waals surface area contributed by atoms with E-state index in [1.165, 1.54) is 0 Å². The van der Waals surface area contributed by atoms with E-state index in [2.05, 4.69) is 20.3 Å². The van der Waals surface area contributed by atoms with Crippen LogP contribution in [0.5, 0.6) is 0 Å². The summed E-state index contributed by atoms with van der Waals surface area (Å²) in [4.78, 5) is 12.2. The Kier molecular flexibility index (Phi) is 1.82. The molecular weight excluding hydrogens is 152 g/mol. The molecule has 0 fully saturated rings. The van der Waals surface area contributed by atoms with Gasteiger partial charge in [-0.1, -0.05) is 0 Å². The lowest BCUT2D eigenvalue weighted by Gasteiger charge is -2.05.